The Bertz CT molecular complexity index is 585. The zero-order valence-electron chi connectivity index (χ0n) is 10.9. The molecule has 0 amide bonds. The molecule has 2 heterocycles. The molecule has 1 aliphatic rings. The molecule has 0 N–H and O–H groups in total. The summed E-state index contributed by atoms with van der Waals surface area (Å²) in [5.41, 5.74) is 3.50. The molecular formula is C15H16ClN3. The topological polar surface area (TPSA) is 19.4 Å². The maximum Gasteiger partial charge on any atom is 0.137 e. The van der Waals surface area contributed by atoms with Crippen LogP contribution in [-0.4, -0.2) is 25.1 Å². The number of likely N-dealkylation sites (N-methyl/N-ethyl adjacent to an activating group) is 1. The average molecular weight is 274 g/mol. The highest BCUT2D eigenvalue weighted by molar-refractivity contribution is 6.17. The van der Waals surface area contributed by atoms with Crippen LogP contribution < -0.4 is 9.80 Å². The van der Waals surface area contributed by atoms with Crippen molar-refractivity contribution in [3.63, 3.8) is 0 Å². The fourth-order valence-corrected chi connectivity index (χ4v) is 2.71. The molecule has 4 heteroatoms. The van der Waals surface area contributed by atoms with E-state index in [4.69, 9.17) is 11.6 Å². The largest absolute Gasteiger partial charge is 0.371 e. The van der Waals surface area contributed by atoms with Crippen molar-refractivity contribution in [2.24, 2.45) is 0 Å². The number of nitrogens with zero attached hydrogens (tertiary/aromatic N) is 3. The summed E-state index contributed by atoms with van der Waals surface area (Å²) in [6.45, 7) is 1.91. The average Bonchev–Trinajstić information content (AvgIpc) is 2.48. The third-order valence-corrected chi connectivity index (χ3v) is 3.80. The summed E-state index contributed by atoms with van der Waals surface area (Å²) in [5, 5.41) is 0. The van der Waals surface area contributed by atoms with Crippen molar-refractivity contribution in [2.75, 3.05) is 29.9 Å². The fourth-order valence-electron chi connectivity index (χ4n) is 2.50. The number of rotatable bonds is 2. The third kappa shape index (κ3) is 2.15. The molecule has 1 aromatic carbocycles. The van der Waals surface area contributed by atoms with Crippen LogP contribution >= 0.6 is 11.6 Å². The molecule has 0 saturated heterocycles. The highest BCUT2D eigenvalue weighted by atomic mass is 35.5. The first kappa shape index (κ1) is 12.3. The molecule has 2 aromatic rings. The molecule has 0 atom stereocenters. The number of halogens is 1. The third-order valence-electron chi connectivity index (χ3n) is 3.51. The standard InChI is InChI=1S/C15H16ClN3/c1-18-9-10-19(14-7-3-2-6-13(14)18)15-12(11-16)5-4-8-17-15/h2-8H,9-11H2,1H3. The van der Waals surface area contributed by atoms with Crippen molar-refractivity contribution in [2.45, 2.75) is 5.88 Å². The lowest BCUT2D eigenvalue weighted by Gasteiger charge is -2.36. The van der Waals surface area contributed by atoms with Crippen molar-refractivity contribution < 1.29 is 0 Å². The van der Waals surface area contributed by atoms with E-state index in [9.17, 15) is 0 Å². The van der Waals surface area contributed by atoms with Gasteiger partial charge in [0.25, 0.3) is 0 Å². The van der Waals surface area contributed by atoms with Gasteiger partial charge in [0.05, 0.1) is 17.3 Å². The number of alkyl halides is 1. The fraction of sp³-hybridized carbons (Fsp3) is 0.267. The van der Waals surface area contributed by atoms with Crippen LogP contribution in [0.5, 0.6) is 0 Å². The van der Waals surface area contributed by atoms with Crippen molar-refractivity contribution in [3.05, 3.63) is 48.2 Å². The summed E-state index contributed by atoms with van der Waals surface area (Å²) in [7, 11) is 2.12. The molecule has 1 aliphatic heterocycles. The predicted octanol–water partition coefficient (Wildman–Crippen LogP) is 3.41. The van der Waals surface area contributed by atoms with E-state index in [0.29, 0.717) is 5.88 Å². The lowest BCUT2D eigenvalue weighted by molar-refractivity contribution is 0.810. The van der Waals surface area contributed by atoms with Crippen LogP contribution in [0.25, 0.3) is 0 Å². The molecule has 0 spiro atoms. The van der Waals surface area contributed by atoms with Crippen LogP contribution in [0.15, 0.2) is 42.6 Å². The molecule has 3 rings (SSSR count). The normalized spacial score (nSPS) is 14.4. The highest BCUT2D eigenvalue weighted by Gasteiger charge is 2.23. The first-order valence-corrected chi connectivity index (χ1v) is 6.92. The smallest absolute Gasteiger partial charge is 0.137 e. The Morgan fingerprint density at radius 2 is 1.89 bits per heavy atom. The van der Waals surface area contributed by atoms with Crippen LogP contribution in [0, 0.1) is 0 Å². The summed E-state index contributed by atoms with van der Waals surface area (Å²) < 4.78 is 0. The minimum Gasteiger partial charge on any atom is -0.371 e. The van der Waals surface area contributed by atoms with Crippen molar-refractivity contribution >= 4 is 28.8 Å². The van der Waals surface area contributed by atoms with Crippen LogP contribution in [-0.2, 0) is 5.88 Å². The van der Waals surface area contributed by atoms with Gasteiger partial charge in [0.1, 0.15) is 5.82 Å². The first-order chi connectivity index (χ1) is 9.31. The Morgan fingerprint density at radius 1 is 1.11 bits per heavy atom. The van der Waals surface area contributed by atoms with Gasteiger partial charge < -0.3 is 9.80 Å². The Balaban J connectivity index is 2.10. The van der Waals surface area contributed by atoms with E-state index in [1.807, 2.05) is 18.3 Å². The number of fused-ring (bicyclic) bond motifs is 1. The van der Waals surface area contributed by atoms with Crippen molar-refractivity contribution in [1.82, 2.24) is 4.98 Å². The van der Waals surface area contributed by atoms with E-state index in [1.165, 1.54) is 11.4 Å². The number of hydrogen-bond donors (Lipinski definition) is 0. The second-order valence-electron chi connectivity index (χ2n) is 4.68. The van der Waals surface area contributed by atoms with Gasteiger partial charge in [-0.05, 0) is 18.2 Å². The maximum absolute atomic E-state index is 6.03. The van der Waals surface area contributed by atoms with E-state index in [-0.39, 0.29) is 0 Å². The maximum atomic E-state index is 6.03. The van der Waals surface area contributed by atoms with E-state index >= 15 is 0 Å². The monoisotopic (exact) mass is 273 g/mol. The summed E-state index contributed by atoms with van der Waals surface area (Å²) in [5.74, 6) is 1.45. The van der Waals surface area contributed by atoms with Crippen LogP contribution in [0.1, 0.15) is 5.56 Å². The lowest BCUT2D eigenvalue weighted by Crippen LogP contribution is -2.37. The molecule has 0 saturated carbocycles. The van der Waals surface area contributed by atoms with Gasteiger partial charge in [0, 0.05) is 31.9 Å². The molecule has 0 fully saturated rings. The van der Waals surface area contributed by atoms with Gasteiger partial charge in [-0.15, -0.1) is 11.6 Å². The number of hydrogen-bond acceptors (Lipinski definition) is 3. The van der Waals surface area contributed by atoms with Gasteiger partial charge in [-0.3, -0.25) is 0 Å². The summed E-state index contributed by atoms with van der Waals surface area (Å²) >= 11 is 6.03. The zero-order valence-corrected chi connectivity index (χ0v) is 11.6. The van der Waals surface area contributed by atoms with Crippen LogP contribution in [0.3, 0.4) is 0 Å². The van der Waals surface area contributed by atoms with E-state index in [0.717, 1.165) is 24.5 Å². The summed E-state index contributed by atoms with van der Waals surface area (Å²) in [4.78, 5) is 9.05. The Hall–Kier alpha value is -1.74. The minimum atomic E-state index is 0.484. The Morgan fingerprint density at radius 3 is 2.68 bits per heavy atom. The predicted molar refractivity (Wildman–Crippen MR) is 80.5 cm³/mol. The second kappa shape index (κ2) is 5.10. The van der Waals surface area contributed by atoms with Gasteiger partial charge in [-0.25, -0.2) is 4.98 Å². The molecule has 3 nitrogen and oxygen atoms in total. The highest BCUT2D eigenvalue weighted by Crippen LogP contribution is 2.37. The molecule has 0 aliphatic carbocycles. The number of pyridine rings is 1. The van der Waals surface area contributed by atoms with Crippen LogP contribution in [0.4, 0.5) is 17.2 Å². The lowest BCUT2D eigenvalue weighted by atomic mass is 10.1. The van der Waals surface area contributed by atoms with Gasteiger partial charge >= 0.3 is 0 Å². The van der Waals surface area contributed by atoms with E-state index in [2.05, 4.69) is 46.1 Å². The molecule has 98 valence electrons. The first-order valence-electron chi connectivity index (χ1n) is 6.39. The van der Waals surface area contributed by atoms with Gasteiger partial charge in [-0.1, -0.05) is 18.2 Å². The molecule has 1 aromatic heterocycles. The molecule has 0 radical (unpaired) electrons. The van der Waals surface area contributed by atoms with Gasteiger partial charge in [0.2, 0.25) is 0 Å². The van der Waals surface area contributed by atoms with Crippen molar-refractivity contribution in [3.8, 4) is 0 Å². The molecule has 19 heavy (non-hydrogen) atoms. The number of benzene rings is 1. The molecule has 0 bridgehead atoms. The second-order valence-corrected chi connectivity index (χ2v) is 4.95. The zero-order chi connectivity index (χ0) is 13.2. The number of aromatic nitrogens is 1. The van der Waals surface area contributed by atoms with Gasteiger partial charge in [0.15, 0.2) is 0 Å². The summed E-state index contributed by atoms with van der Waals surface area (Å²) in [6, 6.07) is 12.4. The quantitative estimate of drug-likeness (QED) is 0.782. The Kier molecular flexibility index (Phi) is 3.30. The number of anilines is 3. The van der Waals surface area contributed by atoms with Crippen LogP contribution in [0.2, 0.25) is 0 Å². The number of para-hydroxylation sites is 2. The van der Waals surface area contributed by atoms with E-state index < -0.39 is 0 Å². The Labute approximate surface area is 118 Å². The molecule has 0 unspecified atom stereocenters. The minimum absolute atomic E-state index is 0.484. The van der Waals surface area contributed by atoms with Crippen molar-refractivity contribution in [1.29, 1.82) is 0 Å². The van der Waals surface area contributed by atoms with Gasteiger partial charge in [-0.2, -0.15) is 0 Å². The summed E-state index contributed by atoms with van der Waals surface area (Å²) in [6.07, 6.45) is 1.83. The van der Waals surface area contributed by atoms with E-state index in [1.54, 1.807) is 0 Å². The molecular weight excluding hydrogens is 258 g/mol. The SMILES string of the molecule is CN1CCN(c2ncccc2CCl)c2ccccc21.